The van der Waals surface area contributed by atoms with Crippen molar-refractivity contribution in [1.29, 1.82) is 0 Å². The first kappa shape index (κ1) is 18.9. The van der Waals surface area contributed by atoms with Crippen molar-refractivity contribution in [2.75, 3.05) is 27.2 Å². The zero-order chi connectivity index (χ0) is 19.2. The maximum Gasteiger partial charge on any atom is 0.255 e. The van der Waals surface area contributed by atoms with Crippen LogP contribution in [0.5, 0.6) is 5.88 Å². The van der Waals surface area contributed by atoms with E-state index in [1.807, 2.05) is 37.4 Å². The van der Waals surface area contributed by atoms with E-state index >= 15 is 0 Å². The normalized spacial score (nSPS) is 16.2. The third-order valence-corrected chi connectivity index (χ3v) is 4.92. The molecule has 2 amide bonds. The van der Waals surface area contributed by atoms with Gasteiger partial charge in [-0.05, 0) is 24.0 Å². The van der Waals surface area contributed by atoms with E-state index in [9.17, 15) is 9.59 Å². The van der Waals surface area contributed by atoms with Crippen LogP contribution in [0.1, 0.15) is 28.8 Å². The fraction of sp³-hybridized carbons (Fsp3) is 0.381. The lowest BCUT2D eigenvalue weighted by molar-refractivity contribution is -0.131. The van der Waals surface area contributed by atoms with E-state index in [0.717, 1.165) is 12.0 Å². The number of carbonyl (C=O) groups excluding carboxylic acids is 2. The minimum atomic E-state index is -0.0438. The highest BCUT2D eigenvalue weighted by Gasteiger charge is 2.29. The Kier molecular flexibility index (Phi) is 6.06. The molecule has 1 aliphatic rings. The van der Waals surface area contributed by atoms with Gasteiger partial charge < -0.3 is 14.5 Å². The summed E-state index contributed by atoms with van der Waals surface area (Å²) in [7, 11) is 3.37. The second-order valence-electron chi connectivity index (χ2n) is 6.93. The average molecular weight is 367 g/mol. The Labute approximate surface area is 159 Å². The van der Waals surface area contributed by atoms with Crippen LogP contribution in [0.15, 0.2) is 48.7 Å². The van der Waals surface area contributed by atoms with Crippen LogP contribution in [0.4, 0.5) is 0 Å². The third-order valence-electron chi connectivity index (χ3n) is 4.92. The molecule has 0 saturated carbocycles. The van der Waals surface area contributed by atoms with Crippen LogP contribution < -0.4 is 4.74 Å². The molecular weight excluding hydrogens is 342 g/mol. The van der Waals surface area contributed by atoms with E-state index < -0.39 is 0 Å². The molecule has 6 heteroatoms. The summed E-state index contributed by atoms with van der Waals surface area (Å²) in [4.78, 5) is 32.8. The lowest BCUT2D eigenvalue weighted by atomic mass is 10.0. The van der Waals surface area contributed by atoms with Gasteiger partial charge in [0.15, 0.2) is 0 Å². The number of hydrogen-bond donors (Lipinski definition) is 0. The number of likely N-dealkylation sites (tertiary alicyclic amines) is 1. The Balaban J connectivity index is 1.51. The quantitative estimate of drug-likeness (QED) is 0.787. The number of methoxy groups -OCH3 is 1. The van der Waals surface area contributed by atoms with Crippen molar-refractivity contribution < 1.29 is 14.3 Å². The molecular formula is C21H25N3O3. The van der Waals surface area contributed by atoms with E-state index in [4.69, 9.17) is 4.74 Å². The maximum absolute atomic E-state index is 12.6. The predicted molar refractivity (Wildman–Crippen MR) is 102 cm³/mol. The molecule has 1 fully saturated rings. The molecule has 2 aromatic rings. The van der Waals surface area contributed by atoms with Gasteiger partial charge in [0.05, 0.1) is 12.7 Å². The van der Waals surface area contributed by atoms with Crippen LogP contribution in [0.3, 0.4) is 0 Å². The van der Waals surface area contributed by atoms with Crippen LogP contribution >= 0.6 is 0 Å². The molecule has 2 heterocycles. The lowest BCUT2D eigenvalue weighted by Gasteiger charge is -2.20. The number of carbonyl (C=O) groups is 2. The first-order chi connectivity index (χ1) is 13.1. The van der Waals surface area contributed by atoms with Crippen LogP contribution in [-0.4, -0.2) is 53.8 Å². The Morgan fingerprint density at radius 1 is 1.22 bits per heavy atom. The second-order valence-corrected chi connectivity index (χ2v) is 6.93. The highest BCUT2D eigenvalue weighted by molar-refractivity contribution is 5.94. The van der Waals surface area contributed by atoms with Gasteiger partial charge in [0.2, 0.25) is 11.8 Å². The Bertz CT molecular complexity index is 777. The summed E-state index contributed by atoms with van der Waals surface area (Å²) in [6.45, 7) is 1.88. The number of hydrogen-bond acceptors (Lipinski definition) is 4. The molecule has 0 spiro atoms. The molecule has 0 bridgehead atoms. The Hall–Kier alpha value is -2.89. The summed E-state index contributed by atoms with van der Waals surface area (Å²) in [6.07, 6.45) is 2.85. The number of benzene rings is 1. The van der Waals surface area contributed by atoms with Crippen molar-refractivity contribution in [3.05, 3.63) is 59.8 Å². The molecule has 27 heavy (non-hydrogen) atoms. The van der Waals surface area contributed by atoms with Crippen molar-refractivity contribution >= 4 is 11.8 Å². The predicted octanol–water partition coefficient (Wildman–Crippen LogP) is 2.60. The smallest absolute Gasteiger partial charge is 0.255 e. The first-order valence-corrected chi connectivity index (χ1v) is 9.14. The van der Waals surface area contributed by atoms with Crippen LogP contribution in [0, 0.1) is 5.92 Å². The van der Waals surface area contributed by atoms with Gasteiger partial charge in [-0.2, -0.15) is 0 Å². The van der Waals surface area contributed by atoms with Crippen LogP contribution in [0.25, 0.3) is 0 Å². The minimum Gasteiger partial charge on any atom is -0.481 e. The number of amides is 2. The summed E-state index contributed by atoms with van der Waals surface area (Å²) < 4.78 is 5.02. The summed E-state index contributed by atoms with van der Waals surface area (Å²) in [5, 5.41) is 0. The summed E-state index contributed by atoms with van der Waals surface area (Å²) >= 11 is 0. The number of nitrogens with zero attached hydrogens (tertiary/aromatic N) is 3. The summed E-state index contributed by atoms with van der Waals surface area (Å²) in [5.41, 5.74) is 1.66. The van der Waals surface area contributed by atoms with Gasteiger partial charge in [-0.25, -0.2) is 4.98 Å². The van der Waals surface area contributed by atoms with Gasteiger partial charge in [-0.1, -0.05) is 30.3 Å². The Morgan fingerprint density at radius 2 is 2.00 bits per heavy atom. The maximum atomic E-state index is 12.6. The van der Waals surface area contributed by atoms with Crippen molar-refractivity contribution in [2.45, 2.75) is 19.4 Å². The number of pyridine rings is 1. The molecule has 1 unspecified atom stereocenters. The average Bonchev–Trinajstić information content (AvgIpc) is 3.16. The fourth-order valence-electron chi connectivity index (χ4n) is 3.34. The molecule has 1 saturated heterocycles. The largest absolute Gasteiger partial charge is 0.481 e. The zero-order valence-electron chi connectivity index (χ0n) is 15.8. The molecule has 142 valence electrons. The van der Waals surface area contributed by atoms with Crippen molar-refractivity contribution in [1.82, 2.24) is 14.8 Å². The van der Waals surface area contributed by atoms with Gasteiger partial charge >= 0.3 is 0 Å². The van der Waals surface area contributed by atoms with E-state index in [-0.39, 0.29) is 17.7 Å². The van der Waals surface area contributed by atoms with Gasteiger partial charge in [0.25, 0.3) is 5.91 Å². The molecule has 1 aromatic heterocycles. The molecule has 1 aliphatic heterocycles. The minimum absolute atomic E-state index is 0.0438. The molecule has 3 rings (SSSR count). The van der Waals surface area contributed by atoms with Gasteiger partial charge in [-0.3, -0.25) is 9.59 Å². The van der Waals surface area contributed by atoms with Gasteiger partial charge in [0.1, 0.15) is 0 Å². The first-order valence-electron chi connectivity index (χ1n) is 9.14. The highest BCUT2D eigenvalue weighted by atomic mass is 16.5. The summed E-state index contributed by atoms with van der Waals surface area (Å²) in [5.74, 6) is 0.755. The molecule has 0 aliphatic carbocycles. The summed E-state index contributed by atoms with van der Waals surface area (Å²) in [6, 6.07) is 13.4. The fourth-order valence-corrected chi connectivity index (χ4v) is 3.34. The monoisotopic (exact) mass is 367 g/mol. The third kappa shape index (κ3) is 4.84. The number of aromatic nitrogens is 1. The zero-order valence-corrected chi connectivity index (χ0v) is 15.8. The number of ether oxygens (including phenoxy) is 1. The molecule has 0 N–H and O–H groups in total. The van der Waals surface area contributed by atoms with Crippen LogP contribution in [-0.2, 0) is 11.3 Å². The van der Waals surface area contributed by atoms with Crippen molar-refractivity contribution in [2.24, 2.45) is 5.92 Å². The number of rotatable bonds is 6. The molecule has 1 atom stereocenters. The topological polar surface area (TPSA) is 62.7 Å². The lowest BCUT2D eigenvalue weighted by Crippen LogP contribution is -2.31. The van der Waals surface area contributed by atoms with E-state index in [0.29, 0.717) is 37.5 Å². The van der Waals surface area contributed by atoms with E-state index in [1.54, 1.807) is 29.0 Å². The molecule has 6 nitrogen and oxygen atoms in total. The van der Waals surface area contributed by atoms with Crippen LogP contribution in [0.2, 0.25) is 0 Å². The van der Waals surface area contributed by atoms with Crippen molar-refractivity contribution in [3.8, 4) is 5.88 Å². The van der Waals surface area contributed by atoms with E-state index in [1.165, 1.54) is 6.20 Å². The van der Waals surface area contributed by atoms with E-state index in [2.05, 4.69) is 4.98 Å². The standard InChI is InChI=1S/C21H25N3O3/c1-23(14-16-6-4-3-5-7-16)20(25)12-17-10-11-24(15-17)21(26)18-8-9-19(27-2)22-13-18/h3-9,13,17H,10-12,14-15H2,1-2H3. The molecule has 0 radical (unpaired) electrons. The van der Waals surface area contributed by atoms with Gasteiger partial charge in [0, 0.05) is 45.4 Å². The second kappa shape index (κ2) is 8.66. The van der Waals surface area contributed by atoms with Crippen molar-refractivity contribution in [3.63, 3.8) is 0 Å². The van der Waals surface area contributed by atoms with Gasteiger partial charge in [-0.15, -0.1) is 0 Å². The highest BCUT2D eigenvalue weighted by Crippen LogP contribution is 2.23. The Morgan fingerprint density at radius 3 is 2.67 bits per heavy atom. The SMILES string of the molecule is COc1ccc(C(=O)N2CCC(CC(=O)N(C)Cc3ccccc3)C2)cn1. The molecule has 1 aromatic carbocycles.